The first kappa shape index (κ1) is 22.2. The minimum atomic E-state index is -0.517. The number of carbonyl (C=O) groups is 2. The number of anilines is 1. The average molecular weight is 421 g/mol. The Morgan fingerprint density at radius 2 is 1.71 bits per heavy atom. The van der Waals surface area contributed by atoms with Gasteiger partial charge in [-0.25, -0.2) is 4.98 Å². The molecule has 0 aliphatic carbocycles. The van der Waals surface area contributed by atoms with E-state index in [2.05, 4.69) is 10.3 Å². The van der Waals surface area contributed by atoms with Crippen molar-refractivity contribution in [3.63, 3.8) is 0 Å². The van der Waals surface area contributed by atoms with Gasteiger partial charge < -0.3 is 10.1 Å². The number of nitrogens with zero attached hydrogens (tertiary/aromatic N) is 2. The predicted octanol–water partition coefficient (Wildman–Crippen LogP) is 3.17. The Balaban J connectivity index is 1.58. The topological polar surface area (TPSA) is 90.3 Å². The summed E-state index contributed by atoms with van der Waals surface area (Å²) in [6.07, 6.45) is 1.86. The fourth-order valence-electron chi connectivity index (χ4n) is 3.50. The molecule has 31 heavy (non-hydrogen) atoms. The van der Waals surface area contributed by atoms with Crippen LogP contribution in [-0.4, -0.2) is 28.0 Å². The van der Waals surface area contributed by atoms with Crippen LogP contribution in [0.4, 0.5) is 5.69 Å². The number of aryl methyl sites for hydroxylation is 3. The molecule has 0 atom stereocenters. The molecule has 0 bridgehead atoms. The van der Waals surface area contributed by atoms with Crippen molar-refractivity contribution >= 4 is 28.5 Å². The number of hydrogen-bond donors (Lipinski definition) is 1. The monoisotopic (exact) mass is 421 g/mol. The van der Waals surface area contributed by atoms with Crippen LogP contribution in [0.2, 0.25) is 0 Å². The third-order valence-corrected chi connectivity index (χ3v) is 5.26. The summed E-state index contributed by atoms with van der Waals surface area (Å²) in [6.45, 7) is 3.70. The van der Waals surface area contributed by atoms with E-state index in [1.54, 1.807) is 25.2 Å². The molecular formula is C24H27N3O4. The number of para-hydroxylation sites is 2. The third-order valence-electron chi connectivity index (χ3n) is 5.26. The zero-order valence-electron chi connectivity index (χ0n) is 18.1. The van der Waals surface area contributed by atoms with Gasteiger partial charge in [0.05, 0.1) is 17.3 Å². The Morgan fingerprint density at radius 1 is 1.03 bits per heavy atom. The molecule has 0 saturated heterocycles. The molecular weight excluding hydrogens is 394 g/mol. The summed E-state index contributed by atoms with van der Waals surface area (Å²) >= 11 is 0. The second-order valence-corrected chi connectivity index (χ2v) is 7.28. The molecule has 0 fully saturated rings. The number of ether oxygens (including phenoxy) is 1. The molecule has 0 saturated carbocycles. The van der Waals surface area contributed by atoms with Gasteiger partial charge in [-0.1, -0.05) is 44.2 Å². The number of fused-ring (bicyclic) bond motifs is 1. The molecule has 1 aromatic heterocycles. The Labute approximate surface area is 181 Å². The maximum absolute atomic E-state index is 12.4. The van der Waals surface area contributed by atoms with Crippen LogP contribution in [0.5, 0.6) is 0 Å². The maximum atomic E-state index is 12.4. The van der Waals surface area contributed by atoms with E-state index >= 15 is 0 Å². The molecule has 1 amide bonds. The van der Waals surface area contributed by atoms with Gasteiger partial charge in [-0.3, -0.25) is 19.0 Å². The molecule has 7 nitrogen and oxygen atoms in total. The van der Waals surface area contributed by atoms with Crippen LogP contribution in [0.1, 0.15) is 37.2 Å². The van der Waals surface area contributed by atoms with Crippen LogP contribution >= 0.6 is 0 Å². The van der Waals surface area contributed by atoms with Crippen molar-refractivity contribution in [1.29, 1.82) is 0 Å². The van der Waals surface area contributed by atoms with E-state index in [9.17, 15) is 14.4 Å². The van der Waals surface area contributed by atoms with E-state index in [4.69, 9.17) is 4.74 Å². The third kappa shape index (κ3) is 5.17. The largest absolute Gasteiger partial charge is 0.456 e. The first-order chi connectivity index (χ1) is 14.9. The zero-order chi connectivity index (χ0) is 22.4. The highest BCUT2D eigenvalue weighted by atomic mass is 16.5. The lowest BCUT2D eigenvalue weighted by Gasteiger charge is -2.14. The lowest BCUT2D eigenvalue weighted by atomic mass is 10.0. The lowest BCUT2D eigenvalue weighted by Crippen LogP contribution is -2.24. The van der Waals surface area contributed by atoms with Crippen LogP contribution in [0.3, 0.4) is 0 Å². The molecule has 1 N–H and O–H groups in total. The Morgan fingerprint density at radius 3 is 2.39 bits per heavy atom. The Hall–Kier alpha value is -3.48. The second-order valence-electron chi connectivity index (χ2n) is 7.28. The first-order valence-electron chi connectivity index (χ1n) is 10.5. The molecule has 0 radical (unpaired) electrons. The van der Waals surface area contributed by atoms with Crippen molar-refractivity contribution in [3.8, 4) is 0 Å². The summed E-state index contributed by atoms with van der Waals surface area (Å²) in [6, 6.07) is 13.0. The van der Waals surface area contributed by atoms with Gasteiger partial charge in [0.25, 0.3) is 11.5 Å². The standard InChI is InChI=1S/C24H27N3O4/c1-4-16-9-8-10-17(5-2)23(16)26-21(28)15-31-22(29)14-13-20-25-19-12-7-6-11-18(19)24(30)27(20)3/h6-12H,4-5,13-15H2,1-3H3,(H,26,28). The summed E-state index contributed by atoms with van der Waals surface area (Å²) in [5.74, 6) is -0.396. The maximum Gasteiger partial charge on any atom is 0.306 e. The molecule has 1 heterocycles. The van der Waals surface area contributed by atoms with Crippen molar-refractivity contribution in [2.24, 2.45) is 7.05 Å². The number of rotatable bonds is 8. The fourth-order valence-corrected chi connectivity index (χ4v) is 3.50. The van der Waals surface area contributed by atoms with E-state index in [0.29, 0.717) is 16.7 Å². The smallest absolute Gasteiger partial charge is 0.306 e. The average Bonchev–Trinajstić information content (AvgIpc) is 2.79. The van der Waals surface area contributed by atoms with Gasteiger partial charge in [0.2, 0.25) is 0 Å². The quantitative estimate of drug-likeness (QED) is 0.564. The van der Waals surface area contributed by atoms with Gasteiger partial charge in [0, 0.05) is 19.2 Å². The van der Waals surface area contributed by atoms with Crippen LogP contribution in [-0.2, 0) is 40.6 Å². The highest BCUT2D eigenvalue weighted by Gasteiger charge is 2.14. The summed E-state index contributed by atoms with van der Waals surface area (Å²) in [5, 5.41) is 3.41. The van der Waals surface area contributed by atoms with Crippen LogP contribution in [0.25, 0.3) is 10.9 Å². The van der Waals surface area contributed by atoms with Gasteiger partial charge in [0.1, 0.15) is 5.82 Å². The molecule has 0 spiro atoms. The van der Waals surface area contributed by atoms with Gasteiger partial charge >= 0.3 is 5.97 Å². The highest BCUT2D eigenvalue weighted by Crippen LogP contribution is 2.22. The molecule has 2 aromatic carbocycles. The van der Waals surface area contributed by atoms with Crippen LogP contribution in [0, 0.1) is 0 Å². The Kier molecular flexibility index (Phi) is 7.18. The predicted molar refractivity (Wildman–Crippen MR) is 120 cm³/mol. The number of nitrogens with one attached hydrogen (secondary N) is 1. The molecule has 0 unspecified atom stereocenters. The Bertz CT molecular complexity index is 1140. The molecule has 3 aromatic rings. The van der Waals surface area contributed by atoms with E-state index < -0.39 is 5.97 Å². The number of carbonyl (C=O) groups excluding carboxylic acids is 2. The lowest BCUT2D eigenvalue weighted by molar-refractivity contribution is -0.147. The molecule has 0 aliphatic rings. The van der Waals surface area contributed by atoms with Gasteiger partial charge in [0.15, 0.2) is 6.61 Å². The van der Waals surface area contributed by atoms with Crippen molar-refractivity contribution < 1.29 is 14.3 Å². The number of hydrogen-bond acceptors (Lipinski definition) is 5. The van der Waals surface area contributed by atoms with E-state index in [0.717, 1.165) is 29.7 Å². The van der Waals surface area contributed by atoms with Crippen molar-refractivity contribution in [2.75, 3.05) is 11.9 Å². The molecule has 162 valence electrons. The summed E-state index contributed by atoms with van der Waals surface area (Å²) in [7, 11) is 1.63. The first-order valence-corrected chi connectivity index (χ1v) is 10.5. The van der Waals surface area contributed by atoms with Crippen molar-refractivity contribution in [1.82, 2.24) is 9.55 Å². The van der Waals surface area contributed by atoms with Crippen molar-refractivity contribution in [3.05, 3.63) is 69.8 Å². The number of benzene rings is 2. The van der Waals surface area contributed by atoms with Crippen molar-refractivity contribution in [2.45, 2.75) is 39.5 Å². The molecule has 7 heteroatoms. The summed E-state index contributed by atoms with van der Waals surface area (Å²) < 4.78 is 6.58. The van der Waals surface area contributed by atoms with E-state index in [1.807, 2.05) is 38.1 Å². The summed E-state index contributed by atoms with van der Waals surface area (Å²) in [5.41, 5.74) is 3.32. The molecule has 3 rings (SSSR count). The highest BCUT2D eigenvalue weighted by molar-refractivity contribution is 5.94. The fraction of sp³-hybridized carbons (Fsp3) is 0.333. The number of aromatic nitrogens is 2. The number of esters is 1. The zero-order valence-corrected chi connectivity index (χ0v) is 18.1. The SMILES string of the molecule is CCc1cccc(CC)c1NC(=O)COC(=O)CCc1nc2ccccc2c(=O)n1C. The van der Waals surface area contributed by atoms with Crippen LogP contribution in [0.15, 0.2) is 47.3 Å². The van der Waals surface area contributed by atoms with Gasteiger partial charge in [-0.2, -0.15) is 0 Å². The minimum absolute atomic E-state index is 0.0255. The minimum Gasteiger partial charge on any atom is -0.456 e. The normalized spacial score (nSPS) is 10.8. The molecule has 0 aliphatic heterocycles. The summed E-state index contributed by atoms with van der Waals surface area (Å²) in [4.78, 5) is 41.4. The van der Waals surface area contributed by atoms with E-state index in [-0.39, 0.29) is 30.9 Å². The number of amides is 1. The van der Waals surface area contributed by atoms with Gasteiger partial charge in [-0.15, -0.1) is 0 Å². The van der Waals surface area contributed by atoms with Crippen LogP contribution < -0.4 is 10.9 Å². The van der Waals surface area contributed by atoms with Gasteiger partial charge in [-0.05, 0) is 36.1 Å². The second kappa shape index (κ2) is 10.0. The van der Waals surface area contributed by atoms with E-state index in [1.165, 1.54) is 4.57 Å².